The van der Waals surface area contributed by atoms with Gasteiger partial charge in [0.15, 0.2) is 0 Å². The van der Waals surface area contributed by atoms with Gasteiger partial charge in [-0.2, -0.15) is 0 Å². The highest BCUT2D eigenvalue weighted by Crippen LogP contribution is 2.29. The van der Waals surface area contributed by atoms with E-state index in [2.05, 4.69) is 24.4 Å². The van der Waals surface area contributed by atoms with Crippen LogP contribution in [0.15, 0.2) is 35.7 Å². The molecule has 0 aliphatic carbocycles. The third-order valence-corrected chi connectivity index (χ3v) is 6.33. The smallest absolute Gasteiger partial charge is 0.322 e. The number of nitrogens with zero attached hydrogens (tertiary/aromatic N) is 2. The summed E-state index contributed by atoms with van der Waals surface area (Å²) in [6.45, 7) is 4.25. The molecule has 5 nitrogen and oxygen atoms in total. The Morgan fingerprint density at radius 3 is 2.74 bits per heavy atom. The van der Waals surface area contributed by atoms with E-state index < -0.39 is 0 Å². The molecule has 27 heavy (non-hydrogen) atoms. The minimum Gasteiger partial charge on any atom is -0.342 e. The molecule has 0 spiro atoms. The second kappa shape index (κ2) is 7.72. The third kappa shape index (κ3) is 4.00. The van der Waals surface area contributed by atoms with Gasteiger partial charge in [0.1, 0.15) is 0 Å². The van der Waals surface area contributed by atoms with Crippen molar-refractivity contribution in [3.05, 3.63) is 51.7 Å². The Morgan fingerprint density at radius 2 is 2.00 bits per heavy atom. The lowest BCUT2D eigenvalue weighted by molar-refractivity contribution is -0.131. The molecule has 3 heterocycles. The van der Waals surface area contributed by atoms with Crippen LogP contribution in [0, 0.1) is 6.92 Å². The summed E-state index contributed by atoms with van der Waals surface area (Å²) in [5, 5.41) is 5.17. The predicted molar refractivity (Wildman–Crippen MR) is 108 cm³/mol. The molecule has 0 saturated carbocycles. The fourth-order valence-corrected chi connectivity index (χ4v) is 4.64. The summed E-state index contributed by atoms with van der Waals surface area (Å²) in [6, 6.07) is 10.4. The average Bonchev–Trinajstić information content (AvgIpc) is 3.31. The first-order valence-electron chi connectivity index (χ1n) is 9.58. The summed E-state index contributed by atoms with van der Waals surface area (Å²) >= 11 is 1.62. The maximum atomic E-state index is 12.7. The van der Waals surface area contributed by atoms with Crippen molar-refractivity contribution in [2.24, 2.45) is 0 Å². The number of piperidine rings is 1. The van der Waals surface area contributed by atoms with Crippen molar-refractivity contribution in [3.63, 3.8) is 0 Å². The zero-order valence-electron chi connectivity index (χ0n) is 15.6. The number of likely N-dealkylation sites (tertiary alicyclic amines) is 1. The molecule has 0 atom stereocenters. The Morgan fingerprint density at radius 1 is 1.19 bits per heavy atom. The predicted octanol–water partition coefficient (Wildman–Crippen LogP) is 3.36. The molecular formula is C21H25N3O2S. The summed E-state index contributed by atoms with van der Waals surface area (Å²) < 4.78 is 0. The number of hydrogen-bond acceptors (Lipinski definition) is 3. The van der Waals surface area contributed by atoms with Crippen LogP contribution >= 0.6 is 11.3 Å². The number of aryl methyl sites for hydroxylation is 1. The Labute approximate surface area is 164 Å². The first-order valence-corrected chi connectivity index (χ1v) is 10.5. The Balaban J connectivity index is 1.28. The number of carbonyl (C=O) groups excluding carboxylic acids is 2. The molecule has 1 saturated heterocycles. The van der Waals surface area contributed by atoms with Gasteiger partial charge in [0.25, 0.3) is 0 Å². The average molecular weight is 384 g/mol. The van der Waals surface area contributed by atoms with E-state index in [9.17, 15) is 9.59 Å². The Bertz CT molecular complexity index is 826. The Hall–Kier alpha value is -2.34. The minimum atomic E-state index is -0.0130. The second-order valence-corrected chi connectivity index (χ2v) is 8.43. The van der Waals surface area contributed by atoms with Gasteiger partial charge in [-0.3, -0.25) is 9.69 Å². The number of hydrogen-bond donors (Lipinski definition) is 1. The van der Waals surface area contributed by atoms with Crippen molar-refractivity contribution in [3.8, 4) is 0 Å². The van der Waals surface area contributed by atoms with Gasteiger partial charge in [-0.15, -0.1) is 11.3 Å². The molecule has 1 fully saturated rings. The second-order valence-electron chi connectivity index (χ2n) is 7.39. The van der Waals surface area contributed by atoms with Crippen molar-refractivity contribution < 1.29 is 9.59 Å². The number of carbonyl (C=O) groups is 2. The fraction of sp³-hybridized carbons (Fsp3) is 0.429. The van der Waals surface area contributed by atoms with Crippen LogP contribution in [0.25, 0.3) is 0 Å². The van der Waals surface area contributed by atoms with Crippen molar-refractivity contribution in [1.82, 2.24) is 10.2 Å². The van der Waals surface area contributed by atoms with Crippen molar-refractivity contribution in [2.45, 2.75) is 38.6 Å². The molecule has 1 aromatic heterocycles. The molecule has 142 valence electrons. The zero-order valence-corrected chi connectivity index (χ0v) is 16.4. The van der Waals surface area contributed by atoms with Gasteiger partial charge in [0.05, 0.1) is 6.42 Å². The zero-order chi connectivity index (χ0) is 18.8. The summed E-state index contributed by atoms with van der Waals surface area (Å²) in [6.07, 6.45) is 3.03. The maximum Gasteiger partial charge on any atom is 0.322 e. The molecule has 2 aliphatic rings. The van der Waals surface area contributed by atoms with Crippen LogP contribution in [0.1, 0.15) is 28.8 Å². The lowest BCUT2D eigenvalue weighted by Crippen LogP contribution is -2.50. The van der Waals surface area contributed by atoms with E-state index in [0.29, 0.717) is 19.5 Å². The van der Waals surface area contributed by atoms with Gasteiger partial charge >= 0.3 is 6.03 Å². The molecule has 2 aliphatic heterocycles. The monoisotopic (exact) mass is 383 g/mol. The van der Waals surface area contributed by atoms with E-state index in [0.717, 1.165) is 36.4 Å². The highest BCUT2D eigenvalue weighted by molar-refractivity contribution is 7.10. The van der Waals surface area contributed by atoms with E-state index in [-0.39, 0.29) is 18.0 Å². The summed E-state index contributed by atoms with van der Waals surface area (Å²) in [4.78, 5) is 30.0. The van der Waals surface area contributed by atoms with Crippen LogP contribution in [0.3, 0.4) is 0 Å². The molecule has 4 rings (SSSR count). The highest BCUT2D eigenvalue weighted by atomic mass is 32.1. The summed E-state index contributed by atoms with van der Waals surface area (Å²) in [7, 11) is 0. The number of fused-ring (bicyclic) bond motifs is 1. The topological polar surface area (TPSA) is 52.7 Å². The van der Waals surface area contributed by atoms with Crippen molar-refractivity contribution in [1.29, 1.82) is 0 Å². The molecule has 0 bridgehead atoms. The number of anilines is 1. The summed E-state index contributed by atoms with van der Waals surface area (Å²) in [5.41, 5.74) is 3.51. The molecular weight excluding hydrogens is 358 g/mol. The van der Waals surface area contributed by atoms with E-state index in [1.165, 1.54) is 11.1 Å². The molecule has 2 aromatic rings. The van der Waals surface area contributed by atoms with Gasteiger partial charge in [-0.05, 0) is 49.3 Å². The van der Waals surface area contributed by atoms with E-state index in [4.69, 9.17) is 0 Å². The SMILES string of the molecule is Cc1ccc2c(c1)CCN2C(=O)NC1CCN(C(=O)Cc2cccs2)CC1. The summed E-state index contributed by atoms with van der Waals surface area (Å²) in [5.74, 6) is 0.186. The fourth-order valence-electron chi connectivity index (χ4n) is 3.94. The normalized spacial score (nSPS) is 17.1. The van der Waals surface area contributed by atoms with E-state index in [1.807, 2.05) is 33.4 Å². The third-order valence-electron chi connectivity index (χ3n) is 5.46. The number of benzene rings is 1. The van der Waals surface area contributed by atoms with Gasteiger partial charge in [0, 0.05) is 36.2 Å². The Kier molecular flexibility index (Phi) is 5.16. The first kappa shape index (κ1) is 18.0. The number of thiophene rings is 1. The van der Waals surface area contributed by atoms with Crippen LogP contribution in [-0.4, -0.2) is 42.5 Å². The molecule has 0 unspecified atom stereocenters. The quantitative estimate of drug-likeness (QED) is 0.884. The lowest BCUT2D eigenvalue weighted by Gasteiger charge is -2.33. The van der Waals surface area contributed by atoms with Gasteiger partial charge < -0.3 is 10.2 Å². The van der Waals surface area contributed by atoms with Crippen LogP contribution in [0.5, 0.6) is 0 Å². The molecule has 1 N–H and O–H groups in total. The molecule has 0 radical (unpaired) electrons. The molecule has 3 amide bonds. The minimum absolute atomic E-state index is 0.0130. The maximum absolute atomic E-state index is 12.7. The van der Waals surface area contributed by atoms with E-state index in [1.54, 1.807) is 11.3 Å². The van der Waals surface area contributed by atoms with Gasteiger partial charge in [-0.1, -0.05) is 23.8 Å². The standard InChI is InChI=1S/C21H25N3O2S/c1-15-4-5-19-16(13-15)6-11-24(19)21(26)22-17-7-9-23(10-8-17)20(25)14-18-3-2-12-27-18/h2-5,12-13,17H,6-11,14H2,1H3,(H,22,26). The van der Waals surface area contributed by atoms with Crippen LogP contribution < -0.4 is 10.2 Å². The molecule has 6 heteroatoms. The first-order chi connectivity index (χ1) is 13.1. The van der Waals surface area contributed by atoms with Crippen LogP contribution in [0.2, 0.25) is 0 Å². The lowest BCUT2D eigenvalue weighted by atomic mass is 10.0. The number of amides is 3. The molecule has 1 aromatic carbocycles. The number of rotatable bonds is 3. The highest BCUT2D eigenvalue weighted by Gasteiger charge is 2.28. The van der Waals surface area contributed by atoms with Crippen LogP contribution in [0.4, 0.5) is 10.5 Å². The van der Waals surface area contributed by atoms with Crippen molar-refractivity contribution >= 4 is 29.0 Å². The van der Waals surface area contributed by atoms with Gasteiger partial charge in [-0.25, -0.2) is 4.79 Å². The van der Waals surface area contributed by atoms with E-state index >= 15 is 0 Å². The number of nitrogens with one attached hydrogen (secondary N) is 1. The van der Waals surface area contributed by atoms with Crippen molar-refractivity contribution in [2.75, 3.05) is 24.5 Å². The largest absolute Gasteiger partial charge is 0.342 e. The van der Waals surface area contributed by atoms with Gasteiger partial charge in [0.2, 0.25) is 5.91 Å². The van der Waals surface area contributed by atoms with Crippen LogP contribution in [-0.2, 0) is 17.6 Å². The number of urea groups is 1.